The molecular formula is C16H18F2N2O3S. The van der Waals surface area contributed by atoms with Gasteiger partial charge in [-0.2, -0.15) is 0 Å². The predicted octanol–water partition coefficient (Wildman–Crippen LogP) is 2.29. The number of esters is 1. The zero-order valence-corrected chi connectivity index (χ0v) is 14.4. The first-order valence-electron chi connectivity index (χ1n) is 7.22. The van der Waals surface area contributed by atoms with Gasteiger partial charge in [-0.05, 0) is 25.2 Å². The van der Waals surface area contributed by atoms with Crippen molar-refractivity contribution in [2.75, 3.05) is 27.4 Å². The van der Waals surface area contributed by atoms with Crippen LogP contribution in [0.2, 0.25) is 0 Å². The van der Waals surface area contributed by atoms with E-state index in [2.05, 4.69) is 5.32 Å². The van der Waals surface area contributed by atoms with E-state index in [-0.39, 0.29) is 24.4 Å². The molecule has 0 radical (unpaired) electrons. The number of methoxy groups -OCH3 is 1. The number of allylic oxidation sites excluding steroid dienone is 1. The predicted molar refractivity (Wildman–Crippen MR) is 88.1 cm³/mol. The number of ether oxygens (including phenoxy) is 2. The molecule has 8 heteroatoms. The van der Waals surface area contributed by atoms with Gasteiger partial charge in [-0.25, -0.2) is 13.6 Å². The van der Waals surface area contributed by atoms with Crippen LogP contribution in [0.5, 0.6) is 0 Å². The number of thiocarbonyl (C=S) groups is 1. The summed E-state index contributed by atoms with van der Waals surface area (Å²) in [6.07, 6.45) is 0. The van der Waals surface area contributed by atoms with Crippen molar-refractivity contribution in [1.29, 1.82) is 0 Å². The van der Waals surface area contributed by atoms with Crippen LogP contribution in [0.4, 0.5) is 8.78 Å². The first-order valence-corrected chi connectivity index (χ1v) is 7.63. The SMILES string of the molecule is COCCOC(=O)C1=C(C)N(C)C(=S)N[C@@H]1c1ccc(F)cc1F. The number of rotatable bonds is 5. The molecule has 1 aliphatic heterocycles. The van der Waals surface area contributed by atoms with Crippen molar-refractivity contribution in [1.82, 2.24) is 10.2 Å². The highest BCUT2D eigenvalue weighted by molar-refractivity contribution is 7.80. The summed E-state index contributed by atoms with van der Waals surface area (Å²) in [6, 6.07) is 2.32. The van der Waals surface area contributed by atoms with Crippen LogP contribution in [-0.4, -0.2) is 43.4 Å². The van der Waals surface area contributed by atoms with Crippen molar-refractivity contribution in [2.24, 2.45) is 0 Å². The second-order valence-corrected chi connectivity index (χ2v) is 5.62. The van der Waals surface area contributed by atoms with Crippen molar-refractivity contribution in [3.8, 4) is 0 Å². The molecule has 24 heavy (non-hydrogen) atoms. The van der Waals surface area contributed by atoms with Gasteiger partial charge < -0.3 is 19.7 Å². The Bertz CT molecular complexity index is 694. The fraction of sp³-hybridized carbons (Fsp3) is 0.375. The highest BCUT2D eigenvalue weighted by Gasteiger charge is 2.34. The third kappa shape index (κ3) is 3.70. The molecule has 1 N–H and O–H groups in total. The lowest BCUT2D eigenvalue weighted by atomic mass is 9.94. The fourth-order valence-corrected chi connectivity index (χ4v) is 2.62. The molecular weight excluding hydrogens is 338 g/mol. The van der Waals surface area contributed by atoms with Gasteiger partial charge in [0.15, 0.2) is 5.11 Å². The molecule has 0 spiro atoms. The number of hydrogen-bond donors (Lipinski definition) is 1. The lowest BCUT2D eigenvalue weighted by molar-refractivity contribution is -0.140. The number of benzene rings is 1. The third-order valence-corrected chi connectivity index (χ3v) is 4.16. The molecule has 130 valence electrons. The number of nitrogens with one attached hydrogen (secondary N) is 1. The Morgan fingerprint density at radius 2 is 2.08 bits per heavy atom. The van der Waals surface area contributed by atoms with Crippen LogP contribution < -0.4 is 5.32 Å². The van der Waals surface area contributed by atoms with E-state index in [9.17, 15) is 13.6 Å². The van der Waals surface area contributed by atoms with Crippen molar-refractivity contribution >= 4 is 23.3 Å². The van der Waals surface area contributed by atoms with Gasteiger partial charge in [0.25, 0.3) is 0 Å². The summed E-state index contributed by atoms with van der Waals surface area (Å²) < 4.78 is 37.4. The summed E-state index contributed by atoms with van der Waals surface area (Å²) in [5.74, 6) is -2.08. The molecule has 5 nitrogen and oxygen atoms in total. The van der Waals surface area contributed by atoms with Crippen molar-refractivity contribution in [3.05, 3.63) is 46.7 Å². The topological polar surface area (TPSA) is 50.8 Å². The molecule has 1 aromatic rings. The quantitative estimate of drug-likeness (QED) is 0.496. The lowest BCUT2D eigenvalue weighted by Gasteiger charge is -2.35. The lowest BCUT2D eigenvalue weighted by Crippen LogP contribution is -2.46. The Hall–Kier alpha value is -2.06. The van der Waals surface area contributed by atoms with Crippen LogP contribution in [0.1, 0.15) is 18.5 Å². The van der Waals surface area contributed by atoms with Gasteiger partial charge in [-0.15, -0.1) is 0 Å². The van der Waals surface area contributed by atoms with Gasteiger partial charge in [0.05, 0.1) is 18.2 Å². The van der Waals surface area contributed by atoms with Gasteiger partial charge in [0.2, 0.25) is 0 Å². The maximum Gasteiger partial charge on any atom is 0.338 e. The van der Waals surface area contributed by atoms with Gasteiger partial charge in [0.1, 0.15) is 18.2 Å². The first kappa shape index (κ1) is 18.3. The van der Waals surface area contributed by atoms with E-state index in [1.165, 1.54) is 13.2 Å². The molecule has 0 amide bonds. The molecule has 0 saturated carbocycles. The van der Waals surface area contributed by atoms with Crippen molar-refractivity contribution in [3.63, 3.8) is 0 Å². The van der Waals surface area contributed by atoms with E-state index >= 15 is 0 Å². The molecule has 1 heterocycles. The van der Waals surface area contributed by atoms with Gasteiger partial charge in [0, 0.05) is 31.5 Å². The Labute approximate surface area is 144 Å². The fourth-order valence-electron chi connectivity index (χ4n) is 2.36. The standard InChI is InChI=1S/C16H18F2N2O3S/c1-9-13(15(21)23-7-6-22-3)14(19-16(24)20(9)2)11-5-4-10(17)8-12(11)18/h4-5,8,14H,6-7H2,1-3H3,(H,19,24)/t14-/m1/s1. The number of nitrogens with zero attached hydrogens (tertiary/aromatic N) is 1. The van der Waals surface area contributed by atoms with Crippen LogP contribution in [0.3, 0.4) is 0 Å². The maximum absolute atomic E-state index is 14.2. The van der Waals surface area contributed by atoms with E-state index < -0.39 is 23.6 Å². The molecule has 0 aliphatic carbocycles. The van der Waals surface area contributed by atoms with E-state index in [0.29, 0.717) is 10.8 Å². The third-order valence-electron chi connectivity index (χ3n) is 3.77. The smallest absolute Gasteiger partial charge is 0.338 e. The van der Waals surface area contributed by atoms with Crippen LogP contribution in [0.15, 0.2) is 29.5 Å². The summed E-state index contributed by atoms with van der Waals surface area (Å²) in [5.41, 5.74) is 0.868. The normalized spacial score (nSPS) is 17.8. The van der Waals surface area contributed by atoms with Crippen LogP contribution >= 0.6 is 12.2 Å². The Morgan fingerprint density at radius 3 is 2.71 bits per heavy atom. The molecule has 1 aliphatic rings. The highest BCUT2D eigenvalue weighted by Crippen LogP contribution is 2.32. The zero-order chi connectivity index (χ0) is 17.9. The summed E-state index contributed by atoms with van der Waals surface area (Å²) in [4.78, 5) is 14.1. The molecule has 0 unspecified atom stereocenters. The maximum atomic E-state index is 14.2. The first-order chi connectivity index (χ1) is 11.4. The van der Waals surface area contributed by atoms with Crippen LogP contribution in [0, 0.1) is 11.6 Å². The molecule has 1 atom stereocenters. The molecule has 0 saturated heterocycles. The second kappa shape index (κ2) is 7.67. The van der Waals surface area contributed by atoms with Crippen LogP contribution in [0.25, 0.3) is 0 Å². The number of halogens is 2. The molecule has 1 aromatic carbocycles. The van der Waals surface area contributed by atoms with Crippen molar-refractivity contribution < 1.29 is 23.0 Å². The minimum absolute atomic E-state index is 0.0683. The zero-order valence-electron chi connectivity index (χ0n) is 13.6. The van der Waals surface area contributed by atoms with Gasteiger partial charge >= 0.3 is 5.97 Å². The average Bonchev–Trinajstić information content (AvgIpc) is 2.52. The monoisotopic (exact) mass is 356 g/mol. The van der Waals surface area contributed by atoms with E-state index in [1.54, 1.807) is 18.9 Å². The van der Waals surface area contributed by atoms with Gasteiger partial charge in [-0.3, -0.25) is 0 Å². The van der Waals surface area contributed by atoms with Gasteiger partial charge in [-0.1, -0.05) is 6.07 Å². The van der Waals surface area contributed by atoms with E-state index in [0.717, 1.165) is 12.1 Å². The largest absolute Gasteiger partial charge is 0.460 e. The Balaban J connectivity index is 2.43. The van der Waals surface area contributed by atoms with E-state index in [1.807, 2.05) is 0 Å². The Kier molecular flexibility index (Phi) is 5.84. The van der Waals surface area contributed by atoms with Crippen LogP contribution in [-0.2, 0) is 14.3 Å². The Morgan fingerprint density at radius 1 is 1.38 bits per heavy atom. The second-order valence-electron chi connectivity index (χ2n) is 5.24. The molecule has 0 bridgehead atoms. The van der Waals surface area contributed by atoms with Crippen molar-refractivity contribution in [2.45, 2.75) is 13.0 Å². The number of carbonyl (C=O) groups excluding carboxylic acids is 1. The summed E-state index contributed by atoms with van der Waals surface area (Å²) >= 11 is 5.21. The highest BCUT2D eigenvalue weighted by atomic mass is 32.1. The number of carbonyl (C=O) groups is 1. The minimum atomic E-state index is -0.857. The minimum Gasteiger partial charge on any atom is -0.460 e. The molecule has 2 rings (SSSR count). The summed E-state index contributed by atoms with van der Waals surface area (Å²) in [7, 11) is 3.17. The average molecular weight is 356 g/mol. The van der Waals surface area contributed by atoms with E-state index in [4.69, 9.17) is 21.7 Å². The summed E-state index contributed by atoms with van der Waals surface area (Å²) in [6.45, 7) is 2.00. The molecule has 0 fully saturated rings. The molecule has 0 aromatic heterocycles. The summed E-state index contributed by atoms with van der Waals surface area (Å²) in [5, 5.41) is 3.23. The number of hydrogen-bond acceptors (Lipinski definition) is 4.